The average molecular weight is 238 g/mol. The predicted molar refractivity (Wildman–Crippen MR) is 63.7 cm³/mol. The van der Waals surface area contributed by atoms with E-state index in [-0.39, 0.29) is 12.0 Å². The van der Waals surface area contributed by atoms with Crippen LogP contribution in [0.1, 0.15) is 51.9 Å². The van der Waals surface area contributed by atoms with Crippen LogP contribution in [0.4, 0.5) is 0 Å². The lowest BCUT2D eigenvalue weighted by Gasteiger charge is -2.45. The van der Waals surface area contributed by atoms with Crippen LogP contribution < -0.4 is 0 Å². The van der Waals surface area contributed by atoms with Crippen molar-refractivity contribution in [3.63, 3.8) is 0 Å². The minimum absolute atomic E-state index is 0.254. The Hall–Kier alpha value is -0.570. The third kappa shape index (κ3) is 1.70. The van der Waals surface area contributed by atoms with Gasteiger partial charge in [0.2, 0.25) is 0 Å². The third-order valence-corrected chi connectivity index (χ3v) is 5.42. The van der Waals surface area contributed by atoms with Crippen LogP contribution in [0.3, 0.4) is 0 Å². The number of rotatable bonds is 2. The Morgan fingerprint density at radius 1 is 1.24 bits per heavy atom. The van der Waals surface area contributed by atoms with Crippen LogP contribution in [0.2, 0.25) is 0 Å². The molecule has 0 amide bonds. The summed E-state index contributed by atoms with van der Waals surface area (Å²) in [5.74, 6) is 0.0894. The number of ether oxygens (including phenoxy) is 1. The van der Waals surface area contributed by atoms with Crippen molar-refractivity contribution in [1.82, 2.24) is 0 Å². The van der Waals surface area contributed by atoms with Crippen molar-refractivity contribution in [2.24, 2.45) is 17.3 Å². The standard InChI is InChI=1S/C14H22O3/c1-9-7-11-12(17-11)8-14(9,13(15)16)10-5-3-2-4-6-10/h9-12H,2-8H2,1H3,(H,15,16). The molecule has 1 saturated heterocycles. The van der Waals surface area contributed by atoms with Crippen molar-refractivity contribution in [3.05, 3.63) is 0 Å². The van der Waals surface area contributed by atoms with E-state index >= 15 is 0 Å². The molecule has 3 aliphatic rings. The van der Waals surface area contributed by atoms with Gasteiger partial charge in [-0.1, -0.05) is 26.2 Å². The molecule has 4 unspecified atom stereocenters. The van der Waals surface area contributed by atoms with E-state index in [1.807, 2.05) is 0 Å². The summed E-state index contributed by atoms with van der Waals surface area (Å²) in [4.78, 5) is 11.9. The smallest absolute Gasteiger partial charge is 0.310 e. The van der Waals surface area contributed by atoms with Crippen molar-refractivity contribution >= 4 is 5.97 Å². The minimum Gasteiger partial charge on any atom is -0.481 e. The SMILES string of the molecule is CC1CC2OC2CC1(C(=O)O)C1CCCCC1. The lowest BCUT2D eigenvalue weighted by Crippen LogP contribution is -2.48. The summed E-state index contributed by atoms with van der Waals surface area (Å²) in [5, 5.41) is 9.79. The second-order valence-electron chi connectivity index (χ2n) is 6.23. The van der Waals surface area contributed by atoms with Crippen LogP contribution in [0, 0.1) is 17.3 Å². The largest absolute Gasteiger partial charge is 0.481 e. The number of carboxylic acids is 1. The first-order valence-electron chi connectivity index (χ1n) is 7.03. The molecular formula is C14H22O3. The fourth-order valence-corrected chi connectivity index (χ4v) is 4.32. The maximum atomic E-state index is 11.9. The Bertz CT molecular complexity index is 321. The van der Waals surface area contributed by atoms with Crippen molar-refractivity contribution in [2.75, 3.05) is 0 Å². The van der Waals surface area contributed by atoms with Crippen molar-refractivity contribution in [2.45, 2.75) is 64.1 Å². The van der Waals surface area contributed by atoms with Gasteiger partial charge in [0, 0.05) is 0 Å². The Balaban J connectivity index is 1.87. The van der Waals surface area contributed by atoms with Gasteiger partial charge in [-0.15, -0.1) is 0 Å². The maximum Gasteiger partial charge on any atom is 0.310 e. The molecule has 2 saturated carbocycles. The summed E-state index contributed by atoms with van der Waals surface area (Å²) < 4.78 is 5.58. The fourth-order valence-electron chi connectivity index (χ4n) is 4.32. The monoisotopic (exact) mass is 238 g/mol. The summed E-state index contributed by atoms with van der Waals surface area (Å²) in [6.45, 7) is 2.13. The molecule has 0 aromatic rings. The molecule has 0 bridgehead atoms. The van der Waals surface area contributed by atoms with Gasteiger partial charge in [-0.25, -0.2) is 0 Å². The quantitative estimate of drug-likeness (QED) is 0.752. The van der Waals surface area contributed by atoms with Gasteiger partial charge >= 0.3 is 5.97 Å². The second kappa shape index (κ2) is 3.98. The van der Waals surface area contributed by atoms with Gasteiger partial charge in [0.1, 0.15) is 0 Å². The van der Waals surface area contributed by atoms with Crippen LogP contribution in [-0.4, -0.2) is 23.3 Å². The lowest BCUT2D eigenvalue weighted by molar-refractivity contribution is -0.160. The normalized spacial score (nSPS) is 46.3. The molecule has 0 aromatic carbocycles. The van der Waals surface area contributed by atoms with E-state index in [1.165, 1.54) is 19.3 Å². The van der Waals surface area contributed by atoms with Crippen LogP contribution in [0.15, 0.2) is 0 Å². The number of hydrogen-bond donors (Lipinski definition) is 1. The van der Waals surface area contributed by atoms with E-state index in [2.05, 4.69) is 6.92 Å². The van der Waals surface area contributed by atoms with Gasteiger partial charge in [-0.2, -0.15) is 0 Å². The molecule has 1 aliphatic heterocycles. The second-order valence-corrected chi connectivity index (χ2v) is 6.23. The first-order valence-corrected chi connectivity index (χ1v) is 7.03. The Morgan fingerprint density at radius 2 is 1.94 bits per heavy atom. The zero-order valence-corrected chi connectivity index (χ0v) is 10.5. The molecular weight excluding hydrogens is 216 g/mol. The van der Waals surface area contributed by atoms with Crippen LogP contribution >= 0.6 is 0 Å². The molecule has 96 valence electrons. The first-order chi connectivity index (χ1) is 8.14. The number of aliphatic carboxylic acids is 1. The van der Waals surface area contributed by atoms with E-state index in [0.717, 1.165) is 25.7 Å². The molecule has 2 aliphatic carbocycles. The Labute approximate surface area is 103 Å². The topological polar surface area (TPSA) is 49.8 Å². The number of hydrogen-bond acceptors (Lipinski definition) is 2. The Kier molecular flexibility index (Phi) is 2.69. The van der Waals surface area contributed by atoms with Crippen molar-refractivity contribution in [3.8, 4) is 0 Å². The molecule has 3 nitrogen and oxygen atoms in total. The summed E-state index contributed by atoms with van der Waals surface area (Å²) in [7, 11) is 0. The fraction of sp³-hybridized carbons (Fsp3) is 0.929. The highest BCUT2D eigenvalue weighted by molar-refractivity contribution is 5.76. The number of fused-ring (bicyclic) bond motifs is 1. The first kappa shape index (κ1) is 11.5. The van der Waals surface area contributed by atoms with E-state index in [9.17, 15) is 9.90 Å². The number of carboxylic acid groups (broad SMARTS) is 1. The van der Waals surface area contributed by atoms with Crippen LogP contribution in [0.5, 0.6) is 0 Å². The average Bonchev–Trinajstić information content (AvgIpc) is 3.06. The maximum absolute atomic E-state index is 11.9. The summed E-state index contributed by atoms with van der Waals surface area (Å²) >= 11 is 0. The van der Waals surface area contributed by atoms with E-state index < -0.39 is 11.4 Å². The molecule has 3 rings (SSSR count). The van der Waals surface area contributed by atoms with Crippen LogP contribution in [0.25, 0.3) is 0 Å². The highest BCUT2D eigenvalue weighted by Gasteiger charge is 2.60. The molecule has 1 heterocycles. The van der Waals surface area contributed by atoms with E-state index in [4.69, 9.17) is 4.74 Å². The molecule has 3 heteroatoms. The molecule has 3 fully saturated rings. The molecule has 0 spiro atoms. The van der Waals surface area contributed by atoms with Gasteiger partial charge in [-0.3, -0.25) is 4.79 Å². The van der Waals surface area contributed by atoms with Crippen molar-refractivity contribution in [1.29, 1.82) is 0 Å². The van der Waals surface area contributed by atoms with Crippen molar-refractivity contribution < 1.29 is 14.6 Å². The number of epoxide rings is 1. The van der Waals surface area contributed by atoms with Crippen LogP contribution in [-0.2, 0) is 9.53 Å². The summed E-state index contributed by atoms with van der Waals surface area (Å²) in [6, 6.07) is 0. The van der Waals surface area contributed by atoms with Gasteiger partial charge in [0.15, 0.2) is 0 Å². The zero-order valence-electron chi connectivity index (χ0n) is 10.5. The Morgan fingerprint density at radius 3 is 2.59 bits per heavy atom. The van der Waals surface area contributed by atoms with E-state index in [0.29, 0.717) is 12.0 Å². The van der Waals surface area contributed by atoms with E-state index in [1.54, 1.807) is 0 Å². The number of carbonyl (C=O) groups is 1. The van der Waals surface area contributed by atoms with Gasteiger partial charge in [0.05, 0.1) is 17.6 Å². The predicted octanol–water partition coefficient (Wildman–Crippen LogP) is 2.84. The van der Waals surface area contributed by atoms with Gasteiger partial charge in [-0.05, 0) is 37.5 Å². The highest BCUT2D eigenvalue weighted by Crippen LogP contribution is 2.56. The van der Waals surface area contributed by atoms with Gasteiger partial charge in [0.25, 0.3) is 0 Å². The molecule has 0 aromatic heterocycles. The summed E-state index contributed by atoms with van der Waals surface area (Å²) in [6.07, 6.45) is 8.26. The summed E-state index contributed by atoms with van der Waals surface area (Å²) in [5.41, 5.74) is -0.488. The molecule has 0 radical (unpaired) electrons. The zero-order chi connectivity index (χ0) is 12.0. The molecule has 1 N–H and O–H groups in total. The van der Waals surface area contributed by atoms with Gasteiger partial charge < -0.3 is 9.84 Å². The lowest BCUT2D eigenvalue weighted by atomic mass is 9.57. The minimum atomic E-state index is -0.564. The third-order valence-electron chi connectivity index (χ3n) is 5.42. The molecule has 17 heavy (non-hydrogen) atoms. The molecule has 4 atom stereocenters. The highest BCUT2D eigenvalue weighted by atomic mass is 16.6.